The Hall–Kier alpha value is -14.5. The minimum atomic E-state index is -0.804. The van der Waals surface area contributed by atoms with E-state index < -0.39 is 22.6 Å². The van der Waals surface area contributed by atoms with E-state index in [1.807, 2.05) is 133 Å². The highest BCUT2D eigenvalue weighted by Gasteiger charge is 2.60. The number of halogens is 1. The monoisotopic (exact) mass is 1760 g/mol. The molecule has 29 heteroatoms. The zero-order valence-electron chi connectivity index (χ0n) is 72.4. The van der Waals surface area contributed by atoms with Crippen LogP contribution in [0.1, 0.15) is 140 Å². The summed E-state index contributed by atoms with van der Waals surface area (Å²) in [5, 5.41) is 22.6. The number of benzene rings is 6. The smallest absolute Gasteiger partial charge is 0.351 e. The third-order valence-electron chi connectivity index (χ3n) is 26.4. The number of H-pyrrole nitrogens is 3. The first kappa shape index (κ1) is 80.9. The van der Waals surface area contributed by atoms with Crippen molar-refractivity contribution < 1.29 is 18.6 Å². The van der Waals surface area contributed by atoms with E-state index in [0.717, 1.165) is 157 Å². The number of aromatic amines is 3. The summed E-state index contributed by atoms with van der Waals surface area (Å²) in [5.74, 6) is 0.464. The molecule has 22 rings (SSSR count). The van der Waals surface area contributed by atoms with Gasteiger partial charge in [-0.2, -0.15) is 10.2 Å². The molecule has 14 heterocycles. The first-order chi connectivity index (χ1) is 61.3. The lowest BCUT2D eigenvalue weighted by atomic mass is 9.98. The quantitative estimate of drug-likeness (QED) is 0.0860. The third kappa shape index (κ3) is 13.7. The summed E-state index contributed by atoms with van der Waals surface area (Å²) in [4.78, 5) is 104. The number of hydrogen-bond acceptors (Lipinski definition) is 14. The Morgan fingerprint density at radius 1 is 0.488 bits per heavy atom. The van der Waals surface area contributed by atoms with Gasteiger partial charge >= 0.3 is 22.9 Å². The topological polar surface area (TPSA) is 304 Å². The van der Waals surface area contributed by atoms with Crippen LogP contribution in [0.3, 0.4) is 0 Å². The molecule has 2 saturated carbocycles. The average Bonchev–Trinajstić information content (AvgIpc) is 1.53. The highest BCUT2D eigenvalue weighted by atomic mass is 79.9. The van der Waals surface area contributed by atoms with Gasteiger partial charge in [-0.15, -0.1) is 0 Å². The van der Waals surface area contributed by atoms with Crippen molar-refractivity contribution in [2.24, 2.45) is 25.9 Å². The van der Waals surface area contributed by atoms with Crippen molar-refractivity contribution in [2.75, 3.05) is 13.1 Å². The Kier molecular flexibility index (Phi) is 19.8. The van der Waals surface area contributed by atoms with Crippen LogP contribution in [0.25, 0.3) is 94.6 Å². The lowest BCUT2D eigenvalue weighted by molar-refractivity contribution is 0.0714. The Labute approximate surface area is 736 Å². The van der Waals surface area contributed by atoms with Crippen molar-refractivity contribution in [3.05, 3.63) is 332 Å². The lowest BCUT2D eigenvalue weighted by Gasteiger charge is -2.29. The van der Waals surface area contributed by atoms with E-state index >= 15 is 9.59 Å². The number of aromatic nitrogens is 18. The van der Waals surface area contributed by atoms with E-state index in [-0.39, 0.29) is 48.1 Å². The Balaban J connectivity index is 0.000000144. The van der Waals surface area contributed by atoms with Crippen molar-refractivity contribution in [2.45, 2.75) is 132 Å². The second-order valence-electron chi connectivity index (χ2n) is 34.5. The lowest BCUT2D eigenvalue weighted by Crippen LogP contribution is -2.39. The summed E-state index contributed by atoms with van der Waals surface area (Å²) >= 11 is 3.43. The molecule has 2 fully saturated rings. The molecule has 0 saturated heterocycles. The zero-order valence-corrected chi connectivity index (χ0v) is 74.0. The third-order valence-corrected chi connectivity index (χ3v) is 26.9. The van der Waals surface area contributed by atoms with Crippen LogP contribution in [0.2, 0.25) is 0 Å². The predicted molar refractivity (Wildman–Crippen MR) is 489 cm³/mol. The number of imidazole rings is 2. The second-order valence-corrected chi connectivity index (χ2v) is 35.4. The Bertz CT molecular complexity index is 7740. The number of carbonyl (C=O) groups excluding carboxylic acids is 2. The van der Waals surface area contributed by atoms with Gasteiger partial charge in [-0.1, -0.05) is 78.2 Å². The minimum absolute atomic E-state index is 0.0451. The van der Waals surface area contributed by atoms with Gasteiger partial charge < -0.3 is 33.1 Å². The van der Waals surface area contributed by atoms with Crippen molar-refractivity contribution >= 4 is 71.4 Å². The fraction of sp³-hybridized carbons (Fsp3) is 0.265. The number of pyridine rings is 2. The standard InChI is InChI=1S/C49H46N10O4.C40H39N9O4.C9H8BrN/c1-7-39-31(5)37(12-15-50-39)32-8-10-42-34(23-32)25-43(58(42)49(26-30(49)4)46-51-47(61)63-53-46)45(60)55-17-14-40-38(27-55)44(59(52-40)36-21-28(2)20-29(3)22-36)57-19-18-56(48(57)62)35-9-11-41-33(24-35)13-16-54(41)6;1-6-31-25(5)29(9-11-41-31)26-7-8-33-27(18-26)19-34(48(33)40(20-24(40)4)37-43-39(52)53-45-37)36(50)46-13-10-32-30(21-46)35(47-14-12-42-38(47)51)49(44-32)28-16-22(2)15-23(3)17-28;1-11-5-4-7-6-8(10)2-3-9(7)11/h8-13,15-16,18-25,30H,7,14,17,26-27H2,1-6H3,(H,51,53,61);7-9,11-12,14-19,24H,6,10,13,20-21H2,1-5H3,(H,42,51)(H,43,45,52);2-6H,1H3/t30-,49+;24-,40+;/m11./s1. The van der Waals surface area contributed by atoms with E-state index in [9.17, 15) is 19.2 Å². The summed E-state index contributed by atoms with van der Waals surface area (Å²) in [6.07, 6.45) is 18.6. The molecule has 28 nitrogen and oxygen atoms in total. The van der Waals surface area contributed by atoms with Crippen LogP contribution >= 0.6 is 15.9 Å². The highest BCUT2D eigenvalue weighted by molar-refractivity contribution is 9.10. The van der Waals surface area contributed by atoms with Crippen LogP contribution in [-0.2, 0) is 63.9 Å². The summed E-state index contributed by atoms with van der Waals surface area (Å²) in [6.45, 7) is 22.1. The van der Waals surface area contributed by atoms with Crippen LogP contribution in [0.5, 0.6) is 0 Å². The maximum absolute atomic E-state index is 15.4. The molecule has 4 aliphatic rings. The average molecular weight is 1760 g/mol. The zero-order chi connectivity index (χ0) is 88.1. The van der Waals surface area contributed by atoms with E-state index in [2.05, 4.69) is 209 Å². The number of aryl methyl sites for hydroxylation is 8. The maximum Gasteiger partial charge on any atom is 0.438 e. The van der Waals surface area contributed by atoms with Gasteiger partial charge in [0.05, 0.1) is 41.5 Å². The number of nitrogens with zero attached hydrogens (tertiary/aromatic N) is 17. The SMILES string of the molecule is CCc1nccc(-c2ccc3c(c2)cc(C(=O)N2CCc4nn(-c5cc(C)cc(C)c5)c(-n5cc[nH]c5=O)c4C2)n3[C@@]2(c3noc(=O)[nH]3)C[C@H]2C)c1C.CCc1nccc(-c2ccc3c(c2)cc(C(=O)N2CCc4nn(-c5cc(C)cc(C)c5)c(-n5ccn(-c6ccc7c(ccn7C)c6)c5=O)c4C2)n3[C@@]2(c3noc(=O)[nH]3)C[C@H]2C)c1C.Cn1ccc2cc(Br)ccc21. The number of rotatable bonds is 15. The molecule has 2 aliphatic heterocycles. The van der Waals surface area contributed by atoms with Gasteiger partial charge in [0.2, 0.25) is 0 Å². The van der Waals surface area contributed by atoms with E-state index in [4.69, 9.17) is 19.2 Å². The van der Waals surface area contributed by atoms with Crippen LogP contribution in [-0.4, -0.2) is 121 Å². The number of carbonyl (C=O) groups is 2. The van der Waals surface area contributed by atoms with Gasteiger partial charge in [0, 0.05) is 160 Å². The molecule has 12 aromatic heterocycles. The number of amides is 2. The van der Waals surface area contributed by atoms with Gasteiger partial charge in [-0.25, -0.2) is 28.5 Å². The summed E-state index contributed by atoms with van der Waals surface area (Å²) in [7, 11) is 4.05. The maximum atomic E-state index is 15.4. The predicted octanol–water partition coefficient (Wildman–Crippen LogP) is 15.9. The van der Waals surface area contributed by atoms with E-state index in [1.54, 1.807) is 38.5 Å². The summed E-state index contributed by atoms with van der Waals surface area (Å²) in [6, 6.07) is 49.4. The molecule has 6 aromatic carbocycles. The molecule has 18 aromatic rings. The van der Waals surface area contributed by atoms with E-state index in [0.29, 0.717) is 73.4 Å². The summed E-state index contributed by atoms with van der Waals surface area (Å²) < 4.78 is 28.0. The normalized spacial score (nSPS) is 17.0. The van der Waals surface area contributed by atoms with Gasteiger partial charge in [-0.05, 0) is 256 Å². The van der Waals surface area contributed by atoms with Crippen LogP contribution in [0.15, 0.2) is 228 Å². The number of nitrogens with one attached hydrogen (secondary N) is 3. The van der Waals surface area contributed by atoms with Crippen LogP contribution in [0.4, 0.5) is 0 Å². The largest absolute Gasteiger partial charge is 0.438 e. The van der Waals surface area contributed by atoms with Crippen molar-refractivity contribution in [3.63, 3.8) is 0 Å². The molecule has 0 unspecified atom stereocenters. The molecule has 2 amide bonds. The van der Waals surface area contributed by atoms with Crippen molar-refractivity contribution in [1.29, 1.82) is 0 Å². The van der Waals surface area contributed by atoms with Crippen molar-refractivity contribution in [3.8, 4) is 51.0 Å². The van der Waals surface area contributed by atoms with Gasteiger partial charge in [0.15, 0.2) is 11.6 Å². The molecular formula is C98H93BrN20O8. The molecule has 640 valence electrons. The molecule has 0 bridgehead atoms. The van der Waals surface area contributed by atoms with Gasteiger partial charge in [-0.3, -0.25) is 52.3 Å². The second kappa shape index (κ2) is 31.0. The van der Waals surface area contributed by atoms with E-state index in [1.165, 1.54) is 10.9 Å². The first-order valence-electron chi connectivity index (χ1n) is 42.9. The fourth-order valence-electron chi connectivity index (χ4n) is 19.9. The molecular weight excluding hydrogens is 1670 g/mol. The highest BCUT2D eigenvalue weighted by Crippen LogP contribution is 2.58. The molecule has 0 spiro atoms. The van der Waals surface area contributed by atoms with Gasteiger partial charge in [0.25, 0.3) is 11.8 Å². The Morgan fingerprint density at radius 2 is 0.937 bits per heavy atom. The van der Waals surface area contributed by atoms with Crippen LogP contribution in [0, 0.1) is 53.4 Å². The van der Waals surface area contributed by atoms with Crippen LogP contribution < -0.4 is 22.9 Å². The molecule has 4 atom stereocenters. The first-order valence-corrected chi connectivity index (χ1v) is 43.7. The molecule has 3 N–H and O–H groups in total. The van der Waals surface area contributed by atoms with Gasteiger partial charge in [0.1, 0.15) is 34.1 Å². The molecule has 0 radical (unpaired) electrons. The number of hydrogen-bond donors (Lipinski definition) is 3. The summed E-state index contributed by atoms with van der Waals surface area (Å²) in [5.41, 5.74) is 21.4. The van der Waals surface area contributed by atoms with Crippen molar-refractivity contribution in [1.82, 2.24) is 96.6 Å². The molecule has 2 aliphatic carbocycles. The Morgan fingerprint density at radius 3 is 1.38 bits per heavy atom. The molecule has 127 heavy (non-hydrogen) atoms. The minimum Gasteiger partial charge on any atom is -0.351 e. The number of fused-ring (bicyclic) bond motifs is 6. The fourth-order valence-corrected chi connectivity index (χ4v) is 20.2.